The van der Waals surface area contributed by atoms with Gasteiger partial charge in [-0.2, -0.15) is 0 Å². The predicted octanol–water partition coefficient (Wildman–Crippen LogP) is 0.265. The fourth-order valence-corrected chi connectivity index (χ4v) is 3.31. The van der Waals surface area contributed by atoms with Crippen molar-refractivity contribution in [2.45, 2.75) is 32.9 Å². The van der Waals surface area contributed by atoms with Crippen LogP contribution in [0.3, 0.4) is 0 Å². The number of likely N-dealkylation sites (tertiary alicyclic amines) is 1. The first-order chi connectivity index (χ1) is 8.01. The zero-order chi connectivity index (χ0) is 12.6. The Hall–Kier alpha value is -0.160. The summed E-state index contributed by atoms with van der Waals surface area (Å²) in [6, 6.07) is 0.650. The molecular formula is C13H27N3O. The molecule has 0 bridgehead atoms. The Morgan fingerprint density at radius 1 is 1.35 bits per heavy atom. The van der Waals surface area contributed by atoms with E-state index in [9.17, 15) is 0 Å². The quantitative estimate of drug-likeness (QED) is 0.744. The van der Waals surface area contributed by atoms with Gasteiger partial charge in [-0.3, -0.25) is 4.90 Å². The molecule has 2 heterocycles. The Balaban J connectivity index is 2.08. The van der Waals surface area contributed by atoms with Gasteiger partial charge in [0.05, 0.1) is 13.2 Å². The van der Waals surface area contributed by atoms with Gasteiger partial charge in [-0.1, -0.05) is 6.92 Å². The lowest BCUT2D eigenvalue weighted by atomic mass is 9.62. The maximum Gasteiger partial charge on any atom is 0.0551 e. The second-order valence-corrected chi connectivity index (χ2v) is 6.11. The molecule has 2 rings (SSSR count). The minimum Gasteiger partial charge on any atom is -0.380 e. The van der Waals surface area contributed by atoms with Gasteiger partial charge in [0.2, 0.25) is 0 Å². The highest BCUT2D eigenvalue weighted by Crippen LogP contribution is 2.46. The van der Waals surface area contributed by atoms with E-state index in [2.05, 4.69) is 25.7 Å². The number of piperidine rings is 1. The second-order valence-electron chi connectivity index (χ2n) is 6.11. The lowest BCUT2D eigenvalue weighted by molar-refractivity contribution is -0.200. The summed E-state index contributed by atoms with van der Waals surface area (Å²) in [5, 5.41) is 0. The highest BCUT2D eigenvalue weighted by Gasteiger charge is 2.52. The summed E-state index contributed by atoms with van der Waals surface area (Å²) in [5.41, 5.74) is 12.3. The number of nitrogens with zero attached hydrogens (tertiary/aromatic N) is 1. The summed E-state index contributed by atoms with van der Waals surface area (Å²) < 4.78 is 5.46. The van der Waals surface area contributed by atoms with E-state index in [0.717, 1.165) is 32.8 Å². The Bertz CT molecular complexity index is 265. The average Bonchev–Trinajstić information content (AvgIpc) is 2.24. The standard InChI is InChI=1S/C13H27N3O/c1-9-5-16(11(3)10(2)15)6-12(4-14)13(9)7-17-8-13/h9-12H,4-8,14-15H2,1-3H3. The zero-order valence-corrected chi connectivity index (χ0v) is 11.4. The number of rotatable bonds is 3. The third kappa shape index (κ3) is 2.12. The largest absolute Gasteiger partial charge is 0.380 e. The van der Waals surface area contributed by atoms with E-state index < -0.39 is 0 Å². The van der Waals surface area contributed by atoms with Crippen LogP contribution in [0.1, 0.15) is 20.8 Å². The van der Waals surface area contributed by atoms with E-state index in [1.807, 2.05) is 0 Å². The Morgan fingerprint density at radius 3 is 2.41 bits per heavy atom. The van der Waals surface area contributed by atoms with Crippen molar-refractivity contribution in [1.29, 1.82) is 0 Å². The molecule has 4 unspecified atom stereocenters. The van der Waals surface area contributed by atoms with Crippen molar-refractivity contribution in [2.75, 3.05) is 32.8 Å². The first-order valence-electron chi connectivity index (χ1n) is 6.78. The SMILES string of the molecule is CC(N)C(C)N1CC(C)C2(COC2)C(CN)C1. The topological polar surface area (TPSA) is 64.5 Å². The number of hydrogen-bond acceptors (Lipinski definition) is 4. The Morgan fingerprint density at radius 2 is 2.00 bits per heavy atom. The van der Waals surface area contributed by atoms with Crippen LogP contribution in [0.5, 0.6) is 0 Å². The number of hydrogen-bond donors (Lipinski definition) is 2. The fraction of sp³-hybridized carbons (Fsp3) is 1.00. The summed E-state index contributed by atoms with van der Waals surface area (Å²) in [6.07, 6.45) is 0. The van der Waals surface area contributed by atoms with E-state index >= 15 is 0 Å². The van der Waals surface area contributed by atoms with E-state index in [4.69, 9.17) is 16.2 Å². The molecule has 2 aliphatic rings. The van der Waals surface area contributed by atoms with Crippen LogP contribution < -0.4 is 11.5 Å². The van der Waals surface area contributed by atoms with Gasteiger partial charge in [-0.15, -0.1) is 0 Å². The third-order valence-electron chi connectivity index (χ3n) is 5.12. The van der Waals surface area contributed by atoms with Crippen molar-refractivity contribution in [2.24, 2.45) is 28.7 Å². The summed E-state index contributed by atoms with van der Waals surface area (Å²) in [4.78, 5) is 2.51. The fourth-order valence-electron chi connectivity index (χ4n) is 3.31. The van der Waals surface area contributed by atoms with Crippen LogP contribution in [0.4, 0.5) is 0 Å². The molecule has 4 N–H and O–H groups in total. The molecule has 17 heavy (non-hydrogen) atoms. The van der Waals surface area contributed by atoms with Crippen molar-refractivity contribution < 1.29 is 4.74 Å². The summed E-state index contributed by atoms with van der Waals surface area (Å²) >= 11 is 0. The molecule has 0 radical (unpaired) electrons. The first-order valence-corrected chi connectivity index (χ1v) is 6.78. The molecule has 4 atom stereocenters. The third-order valence-corrected chi connectivity index (χ3v) is 5.12. The van der Waals surface area contributed by atoms with Crippen LogP contribution in [-0.2, 0) is 4.74 Å². The van der Waals surface area contributed by atoms with Gasteiger partial charge in [0, 0.05) is 30.6 Å². The molecule has 2 saturated heterocycles. The normalized spacial score (nSPS) is 36.5. The molecular weight excluding hydrogens is 214 g/mol. The second kappa shape index (κ2) is 4.84. The minimum atomic E-state index is 0.215. The number of ether oxygens (including phenoxy) is 1. The summed E-state index contributed by atoms with van der Waals surface area (Å²) in [7, 11) is 0. The Labute approximate surface area is 105 Å². The Kier molecular flexibility index (Phi) is 3.78. The van der Waals surface area contributed by atoms with Gasteiger partial charge in [-0.25, -0.2) is 0 Å². The maximum atomic E-state index is 6.02. The average molecular weight is 241 g/mol. The van der Waals surface area contributed by atoms with E-state index in [1.165, 1.54) is 0 Å². The van der Waals surface area contributed by atoms with Crippen molar-refractivity contribution in [3.8, 4) is 0 Å². The molecule has 2 aliphatic heterocycles. The predicted molar refractivity (Wildman–Crippen MR) is 69.6 cm³/mol. The molecule has 4 nitrogen and oxygen atoms in total. The molecule has 1 spiro atoms. The summed E-state index contributed by atoms with van der Waals surface area (Å²) in [5.74, 6) is 1.21. The number of nitrogens with two attached hydrogens (primary N) is 2. The lowest BCUT2D eigenvalue weighted by Gasteiger charge is -2.57. The van der Waals surface area contributed by atoms with Gasteiger partial charge in [0.1, 0.15) is 0 Å². The van der Waals surface area contributed by atoms with Crippen molar-refractivity contribution >= 4 is 0 Å². The van der Waals surface area contributed by atoms with Crippen LogP contribution in [0, 0.1) is 17.3 Å². The molecule has 0 saturated carbocycles. The van der Waals surface area contributed by atoms with Gasteiger partial charge in [0.25, 0.3) is 0 Å². The highest BCUT2D eigenvalue weighted by atomic mass is 16.5. The monoisotopic (exact) mass is 241 g/mol. The first kappa shape index (κ1) is 13.3. The molecule has 100 valence electrons. The van der Waals surface area contributed by atoms with Crippen molar-refractivity contribution in [3.05, 3.63) is 0 Å². The molecule has 0 amide bonds. The van der Waals surface area contributed by atoms with Gasteiger partial charge >= 0.3 is 0 Å². The van der Waals surface area contributed by atoms with Gasteiger partial charge < -0.3 is 16.2 Å². The van der Waals surface area contributed by atoms with Crippen molar-refractivity contribution in [1.82, 2.24) is 4.90 Å². The zero-order valence-electron chi connectivity index (χ0n) is 11.4. The molecule has 0 aromatic rings. The lowest BCUT2D eigenvalue weighted by Crippen LogP contribution is -2.65. The van der Waals surface area contributed by atoms with Crippen molar-refractivity contribution in [3.63, 3.8) is 0 Å². The van der Waals surface area contributed by atoms with Gasteiger partial charge in [0.15, 0.2) is 0 Å². The van der Waals surface area contributed by atoms with Crippen LogP contribution in [0.15, 0.2) is 0 Å². The minimum absolute atomic E-state index is 0.215. The smallest absolute Gasteiger partial charge is 0.0551 e. The van der Waals surface area contributed by atoms with Crippen LogP contribution in [0.25, 0.3) is 0 Å². The van der Waals surface area contributed by atoms with E-state index in [-0.39, 0.29) is 6.04 Å². The van der Waals surface area contributed by atoms with Crippen LogP contribution in [-0.4, -0.2) is 49.8 Å². The van der Waals surface area contributed by atoms with E-state index in [0.29, 0.717) is 23.3 Å². The molecule has 0 aliphatic carbocycles. The maximum absolute atomic E-state index is 6.02. The molecule has 2 fully saturated rings. The van der Waals surface area contributed by atoms with E-state index in [1.54, 1.807) is 0 Å². The molecule has 4 heteroatoms. The van der Waals surface area contributed by atoms with Crippen LogP contribution >= 0.6 is 0 Å². The van der Waals surface area contributed by atoms with Gasteiger partial charge in [-0.05, 0) is 32.2 Å². The highest BCUT2D eigenvalue weighted by molar-refractivity contribution is 5.02. The van der Waals surface area contributed by atoms with Crippen LogP contribution in [0.2, 0.25) is 0 Å². The molecule has 0 aromatic heterocycles. The molecule has 0 aromatic carbocycles. The summed E-state index contributed by atoms with van der Waals surface area (Å²) in [6.45, 7) is 11.4.